The average molecular weight is 233 g/mol. The molecule has 1 aromatic rings. The third-order valence-electron chi connectivity index (χ3n) is 3.39. The van der Waals surface area contributed by atoms with Gasteiger partial charge in [-0.2, -0.15) is 0 Å². The number of rotatable bonds is 3. The summed E-state index contributed by atoms with van der Waals surface area (Å²) in [7, 11) is 0. The van der Waals surface area contributed by atoms with Gasteiger partial charge in [0, 0.05) is 24.6 Å². The lowest BCUT2D eigenvalue weighted by Crippen LogP contribution is -2.32. The number of carbonyl (C=O) groups is 1. The van der Waals surface area contributed by atoms with Gasteiger partial charge in [0.05, 0.1) is 0 Å². The van der Waals surface area contributed by atoms with Crippen LogP contribution >= 0.6 is 0 Å². The van der Waals surface area contributed by atoms with Crippen LogP contribution in [0.5, 0.6) is 0 Å². The number of hydrogen-bond acceptors (Lipinski definition) is 4. The van der Waals surface area contributed by atoms with Gasteiger partial charge in [0.25, 0.3) is 0 Å². The van der Waals surface area contributed by atoms with E-state index in [4.69, 9.17) is 11.5 Å². The van der Waals surface area contributed by atoms with E-state index in [1.54, 1.807) is 12.3 Å². The number of nitrogen functional groups attached to an aromatic ring is 1. The van der Waals surface area contributed by atoms with Gasteiger partial charge in [-0.25, -0.2) is 4.98 Å². The van der Waals surface area contributed by atoms with E-state index in [-0.39, 0.29) is 17.7 Å². The first kappa shape index (κ1) is 12.0. The number of anilines is 1. The van der Waals surface area contributed by atoms with E-state index in [1.807, 2.05) is 6.07 Å². The molecule has 0 spiro atoms. The zero-order valence-electron chi connectivity index (χ0n) is 9.93. The molecule has 0 saturated heterocycles. The van der Waals surface area contributed by atoms with Crippen molar-refractivity contribution in [2.45, 2.75) is 38.1 Å². The second-order valence-electron chi connectivity index (χ2n) is 4.86. The van der Waals surface area contributed by atoms with E-state index < -0.39 is 0 Å². The van der Waals surface area contributed by atoms with Gasteiger partial charge in [-0.15, -0.1) is 0 Å². The Labute approximate surface area is 101 Å². The lowest BCUT2D eigenvalue weighted by molar-refractivity contribution is -0.123. The monoisotopic (exact) mass is 233 g/mol. The van der Waals surface area contributed by atoms with Gasteiger partial charge in [-0.05, 0) is 37.0 Å². The number of aromatic nitrogens is 1. The fourth-order valence-corrected chi connectivity index (χ4v) is 2.47. The molecule has 0 aliphatic heterocycles. The van der Waals surface area contributed by atoms with Gasteiger partial charge in [0.2, 0.25) is 0 Å². The number of nitrogens with two attached hydrogens (primary N) is 2. The molecule has 2 unspecified atom stereocenters. The Morgan fingerprint density at radius 3 is 3.00 bits per heavy atom. The second kappa shape index (κ2) is 5.27. The molecular formula is C13H19N3O. The van der Waals surface area contributed by atoms with Crippen LogP contribution in [0, 0.1) is 5.92 Å². The minimum atomic E-state index is 0.133. The first-order valence-electron chi connectivity index (χ1n) is 6.14. The lowest BCUT2D eigenvalue weighted by Gasteiger charge is -2.25. The molecular weight excluding hydrogens is 214 g/mol. The van der Waals surface area contributed by atoms with Gasteiger partial charge in [-0.1, -0.05) is 6.42 Å². The van der Waals surface area contributed by atoms with Crippen molar-refractivity contribution in [1.29, 1.82) is 0 Å². The molecule has 2 atom stereocenters. The molecule has 1 aliphatic carbocycles. The van der Waals surface area contributed by atoms with Crippen molar-refractivity contribution in [2.75, 3.05) is 5.73 Å². The maximum atomic E-state index is 12.1. The molecule has 4 heteroatoms. The summed E-state index contributed by atoms with van der Waals surface area (Å²) in [6.07, 6.45) is 6.02. The Morgan fingerprint density at radius 2 is 2.29 bits per heavy atom. The van der Waals surface area contributed by atoms with Gasteiger partial charge in [0.1, 0.15) is 11.6 Å². The van der Waals surface area contributed by atoms with Crippen LogP contribution in [0.3, 0.4) is 0 Å². The van der Waals surface area contributed by atoms with E-state index >= 15 is 0 Å². The number of carbonyl (C=O) groups excluding carboxylic acids is 1. The van der Waals surface area contributed by atoms with Crippen LogP contribution in [0.1, 0.15) is 31.2 Å². The largest absolute Gasteiger partial charge is 0.384 e. The minimum Gasteiger partial charge on any atom is -0.384 e. The third-order valence-corrected chi connectivity index (χ3v) is 3.39. The quantitative estimate of drug-likeness (QED) is 0.824. The van der Waals surface area contributed by atoms with Gasteiger partial charge in [0.15, 0.2) is 0 Å². The summed E-state index contributed by atoms with van der Waals surface area (Å²) in [6, 6.07) is 3.80. The third kappa shape index (κ3) is 3.27. The first-order valence-corrected chi connectivity index (χ1v) is 6.14. The standard InChI is InChI=1S/C13H19N3O/c14-11-3-1-2-10(8-11)12(17)6-9-4-5-16-13(15)7-9/h4-5,7,10-11H,1-3,6,8,14H2,(H2,15,16). The minimum absolute atomic E-state index is 0.133. The molecule has 4 nitrogen and oxygen atoms in total. The highest BCUT2D eigenvalue weighted by Gasteiger charge is 2.25. The summed E-state index contributed by atoms with van der Waals surface area (Å²) in [6.45, 7) is 0. The van der Waals surface area contributed by atoms with E-state index in [0.29, 0.717) is 12.2 Å². The predicted molar refractivity (Wildman–Crippen MR) is 67.3 cm³/mol. The van der Waals surface area contributed by atoms with Crippen LogP contribution in [-0.2, 0) is 11.2 Å². The topological polar surface area (TPSA) is 82.0 Å². The van der Waals surface area contributed by atoms with Crippen LogP contribution in [-0.4, -0.2) is 16.8 Å². The Bertz CT molecular complexity index is 405. The van der Waals surface area contributed by atoms with Crippen molar-refractivity contribution in [3.8, 4) is 0 Å². The Morgan fingerprint density at radius 1 is 1.47 bits per heavy atom. The zero-order valence-corrected chi connectivity index (χ0v) is 9.93. The molecule has 1 fully saturated rings. The molecule has 0 bridgehead atoms. The van der Waals surface area contributed by atoms with Crippen molar-refractivity contribution in [3.05, 3.63) is 23.9 Å². The zero-order chi connectivity index (χ0) is 12.3. The van der Waals surface area contributed by atoms with Gasteiger partial charge < -0.3 is 11.5 Å². The van der Waals surface area contributed by atoms with Crippen LogP contribution in [0.4, 0.5) is 5.82 Å². The number of hydrogen-bond donors (Lipinski definition) is 2. The fourth-order valence-electron chi connectivity index (χ4n) is 2.47. The maximum absolute atomic E-state index is 12.1. The first-order chi connectivity index (χ1) is 8.15. The van der Waals surface area contributed by atoms with Gasteiger partial charge in [-0.3, -0.25) is 4.79 Å². The normalized spacial score (nSPS) is 24.5. The summed E-state index contributed by atoms with van der Waals surface area (Å²) in [5.41, 5.74) is 12.4. The van der Waals surface area contributed by atoms with Crippen molar-refractivity contribution in [3.63, 3.8) is 0 Å². The molecule has 92 valence electrons. The maximum Gasteiger partial charge on any atom is 0.140 e. The molecule has 0 amide bonds. The molecule has 2 rings (SSSR count). The van der Waals surface area contributed by atoms with Crippen LogP contribution in [0.2, 0.25) is 0 Å². The van der Waals surface area contributed by atoms with E-state index in [1.165, 1.54) is 0 Å². The smallest absolute Gasteiger partial charge is 0.140 e. The fraction of sp³-hybridized carbons (Fsp3) is 0.538. The molecule has 1 heterocycles. The summed E-state index contributed by atoms with van der Waals surface area (Å²) in [4.78, 5) is 16.0. The highest BCUT2D eigenvalue weighted by atomic mass is 16.1. The molecule has 1 saturated carbocycles. The second-order valence-corrected chi connectivity index (χ2v) is 4.86. The van der Waals surface area contributed by atoms with Crippen LogP contribution in [0.25, 0.3) is 0 Å². The molecule has 0 aromatic carbocycles. The Balaban J connectivity index is 1.96. The number of pyridine rings is 1. The molecule has 1 aliphatic rings. The highest BCUT2D eigenvalue weighted by Crippen LogP contribution is 2.25. The summed E-state index contributed by atoms with van der Waals surface area (Å²) in [5, 5.41) is 0. The molecule has 0 radical (unpaired) electrons. The number of Topliss-reactive ketones (excluding diaryl/α,β-unsaturated/α-hetero) is 1. The summed E-state index contributed by atoms with van der Waals surface area (Å²) in [5.74, 6) is 0.884. The van der Waals surface area contributed by atoms with Crippen molar-refractivity contribution < 1.29 is 4.79 Å². The van der Waals surface area contributed by atoms with E-state index in [9.17, 15) is 4.79 Å². The summed E-state index contributed by atoms with van der Waals surface area (Å²) < 4.78 is 0. The van der Waals surface area contributed by atoms with Crippen molar-refractivity contribution in [1.82, 2.24) is 4.98 Å². The van der Waals surface area contributed by atoms with Crippen molar-refractivity contribution >= 4 is 11.6 Å². The summed E-state index contributed by atoms with van der Waals surface area (Å²) >= 11 is 0. The van der Waals surface area contributed by atoms with Crippen LogP contribution < -0.4 is 11.5 Å². The lowest BCUT2D eigenvalue weighted by atomic mass is 9.82. The van der Waals surface area contributed by atoms with Crippen LogP contribution in [0.15, 0.2) is 18.3 Å². The highest BCUT2D eigenvalue weighted by molar-refractivity contribution is 5.83. The molecule has 4 N–H and O–H groups in total. The Hall–Kier alpha value is -1.42. The molecule has 17 heavy (non-hydrogen) atoms. The SMILES string of the molecule is Nc1cc(CC(=O)C2CCCC(N)C2)ccn1. The van der Waals surface area contributed by atoms with Crippen molar-refractivity contribution in [2.24, 2.45) is 11.7 Å². The number of nitrogens with zero attached hydrogens (tertiary/aromatic N) is 1. The Kier molecular flexibility index (Phi) is 3.74. The predicted octanol–water partition coefficient (Wildman–Crippen LogP) is 1.29. The number of ketones is 1. The van der Waals surface area contributed by atoms with E-state index in [2.05, 4.69) is 4.98 Å². The molecule has 1 aromatic heterocycles. The van der Waals surface area contributed by atoms with Gasteiger partial charge >= 0.3 is 0 Å². The average Bonchev–Trinajstić information content (AvgIpc) is 2.29. The van der Waals surface area contributed by atoms with E-state index in [0.717, 1.165) is 31.2 Å².